The quantitative estimate of drug-likeness (QED) is 0.278. The fraction of sp³-hybridized carbons (Fsp3) is 0.125. The first kappa shape index (κ1) is 23.4. The molecule has 10 heteroatoms. The Morgan fingerprint density at radius 2 is 1.68 bits per heavy atom. The molecule has 1 amide bonds. The number of nitrogens with one attached hydrogen (secondary N) is 1. The number of para-hydroxylation sites is 1. The van der Waals surface area contributed by atoms with Crippen LogP contribution in [0.25, 0.3) is 17.1 Å². The van der Waals surface area contributed by atoms with E-state index in [1.807, 2.05) is 42.5 Å². The van der Waals surface area contributed by atoms with Crippen LogP contribution in [0.1, 0.15) is 6.92 Å². The van der Waals surface area contributed by atoms with Crippen LogP contribution in [0.4, 0.5) is 18.9 Å². The van der Waals surface area contributed by atoms with Crippen LogP contribution in [0.5, 0.6) is 5.75 Å². The number of carbonyl (C=O) groups excluding carboxylic acids is 1. The lowest BCUT2D eigenvalue weighted by Crippen LogP contribution is -2.23. The lowest BCUT2D eigenvalue weighted by atomic mass is 10.2. The molecule has 174 valence electrons. The molecular formula is C24H19F3N4O2S. The van der Waals surface area contributed by atoms with Crippen molar-refractivity contribution in [2.45, 2.75) is 17.3 Å². The van der Waals surface area contributed by atoms with E-state index in [4.69, 9.17) is 4.74 Å². The monoisotopic (exact) mass is 484 g/mol. The zero-order chi connectivity index (χ0) is 24.2. The maximum Gasteiger partial charge on any atom is 0.237 e. The molecule has 34 heavy (non-hydrogen) atoms. The maximum atomic E-state index is 14.0. The molecule has 1 unspecified atom stereocenters. The molecule has 0 bridgehead atoms. The number of thioether (sulfide) groups is 1. The van der Waals surface area contributed by atoms with Gasteiger partial charge in [0.2, 0.25) is 5.91 Å². The molecule has 0 aliphatic carbocycles. The number of halogens is 3. The second-order valence-electron chi connectivity index (χ2n) is 7.18. The summed E-state index contributed by atoms with van der Waals surface area (Å²) < 4.78 is 47.7. The molecule has 0 fully saturated rings. The van der Waals surface area contributed by atoms with E-state index in [0.717, 1.165) is 35.1 Å². The van der Waals surface area contributed by atoms with Gasteiger partial charge >= 0.3 is 0 Å². The summed E-state index contributed by atoms with van der Waals surface area (Å²) in [5.74, 6) is -3.80. The van der Waals surface area contributed by atoms with Crippen molar-refractivity contribution >= 4 is 23.4 Å². The van der Waals surface area contributed by atoms with Gasteiger partial charge < -0.3 is 10.1 Å². The minimum atomic E-state index is -1.65. The van der Waals surface area contributed by atoms with Gasteiger partial charge in [-0.05, 0) is 55.5 Å². The second kappa shape index (κ2) is 10.0. The van der Waals surface area contributed by atoms with Gasteiger partial charge in [-0.15, -0.1) is 10.2 Å². The Labute approximate surface area is 197 Å². The molecule has 1 N–H and O–H groups in total. The van der Waals surface area contributed by atoms with Crippen molar-refractivity contribution in [2.24, 2.45) is 0 Å². The third kappa shape index (κ3) is 4.76. The van der Waals surface area contributed by atoms with Crippen LogP contribution in [-0.2, 0) is 4.79 Å². The van der Waals surface area contributed by atoms with Crippen LogP contribution < -0.4 is 10.1 Å². The molecule has 1 aromatic heterocycles. The highest BCUT2D eigenvalue weighted by Gasteiger charge is 2.23. The van der Waals surface area contributed by atoms with E-state index in [1.54, 1.807) is 30.7 Å². The van der Waals surface area contributed by atoms with Gasteiger partial charge in [-0.25, -0.2) is 13.2 Å². The Hall–Kier alpha value is -3.79. The van der Waals surface area contributed by atoms with E-state index in [1.165, 1.54) is 0 Å². The van der Waals surface area contributed by atoms with Crippen molar-refractivity contribution in [2.75, 3.05) is 12.4 Å². The van der Waals surface area contributed by atoms with Gasteiger partial charge in [0.1, 0.15) is 5.75 Å². The molecule has 0 saturated carbocycles. The number of rotatable bonds is 7. The number of aromatic nitrogens is 3. The molecule has 0 aliphatic rings. The average molecular weight is 485 g/mol. The Morgan fingerprint density at radius 1 is 0.971 bits per heavy atom. The molecule has 0 radical (unpaired) electrons. The van der Waals surface area contributed by atoms with Gasteiger partial charge in [0.15, 0.2) is 28.4 Å². The van der Waals surface area contributed by atoms with E-state index in [2.05, 4.69) is 15.5 Å². The smallest absolute Gasteiger partial charge is 0.237 e. The Bertz CT molecular complexity index is 1310. The number of carbonyl (C=O) groups is 1. The van der Waals surface area contributed by atoms with Gasteiger partial charge in [0.25, 0.3) is 0 Å². The van der Waals surface area contributed by atoms with E-state index in [9.17, 15) is 18.0 Å². The van der Waals surface area contributed by atoms with E-state index in [-0.39, 0.29) is 0 Å². The maximum absolute atomic E-state index is 14.0. The molecule has 0 saturated heterocycles. The Balaban J connectivity index is 1.63. The Morgan fingerprint density at radius 3 is 2.35 bits per heavy atom. The molecule has 3 aromatic carbocycles. The van der Waals surface area contributed by atoms with Crippen LogP contribution in [0.15, 0.2) is 71.9 Å². The molecule has 6 nitrogen and oxygen atoms in total. The van der Waals surface area contributed by atoms with Crippen LogP contribution >= 0.6 is 11.8 Å². The first-order chi connectivity index (χ1) is 16.4. The standard InChI is InChI=1S/C24H19F3N4O2S/c1-14(23(32)28-19-13-12-18(25)20(26)21(19)27)34-24-30-29-22(15-8-10-17(33-2)11-9-15)31(24)16-6-4-3-5-7-16/h3-14H,1-2H3,(H,28,32). The lowest BCUT2D eigenvalue weighted by molar-refractivity contribution is -0.115. The minimum absolute atomic E-state index is 0.422. The number of anilines is 1. The van der Waals surface area contributed by atoms with Crippen LogP contribution in [0.3, 0.4) is 0 Å². The molecule has 1 atom stereocenters. The van der Waals surface area contributed by atoms with Gasteiger partial charge in [0.05, 0.1) is 18.0 Å². The molecule has 0 spiro atoms. The van der Waals surface area contributed by atoms with E-state index >= 15 is 0 Å². The third-order valence-electron chi connectivity index (χ3n) is 4.94. The first-order valence-electron chi connectivity index (χ1n) is 10.2. The van der Waals surface area contributed by atoms with E-state index < -0.39 is 34.3 Å². The van der Waals surface area contributed by atoms with Crippen molar-refractivity contribution in [1.29, 1.82) is 0 Å². The summed E-state index contributed by atoms with van der Waals surface area (Å²) in [6, 6.07) is 18.4. The summed E-state index contributed by atoms with van der Waals surface area (Å²) in [4.78, 5) is 12.7. The van der Waals surface area contributed by atoms with Gasteiger partial charge in [0, 0.05) is 11.3 Å². The normalized spacial score (nSPS) is 11.8. The summed E-state index contributed by atoms with van der Waals surface area (Å²) in [5.41, 5.74) is 1.12. The van der Waals surface area contributed by atoms with Crippen molar-refractivity contribution in [3.63, 3.8) is 0 Å². The highest BCUT2D eigenvalue weighted by molar-refractivity contribution is 8.00. The highest BCUT2D eigenvalue weighted by Crippen LogP contribution is 2.31. The minimum Gasteiger partial charge on any atom is -0.497 e. The van der Waals surface area contributed by atoms with Crippen molar-refractivity contribution in [3.8, 4) is 22.8 Å². The summed E-state index contributed by atoms with van der Waals surface area (Å²) in [6.07, 6.45) is 0. The Kier molecular flexibility index (Phi) is 6.87. The molecule has 1 heterocycles. The van der Waals surface area contributed by atoms with E-state index in [0.29, 0.717) is 16.7 Å². The van der Waals surface area contributed by atoms with Crippen LogP contribution in [0.2, 0.25) is 0 Å². The summed E-state index contributed by atoms with van der Waals surface area (Å²) in [6.45, 7) is 1.59. The van der Waals surface area contributed by atoms with Gasteiger partial charge in [-0.3, -0.25) is 9.36 Å². The largest absolute Gasteiger partial charge is 0.497 e. The number of methoxy groups -OCH3 is 1. The number of benzene rings is 3. The van der Waals surface area contributed by atoms with Crippen LogP contribution in [-0.4, -0.2) is 33.0 Å². The SMILES string of the molecule is COc1ccc(-c2nnc(SC(C)C(=O)Nc3ccc(F)c(F)c3F)n2-c2ccccc2)cc1. The highest BCUT2D eigenvalue weighted by atomic mass is 32.2. The van der Waals surface area contributed by atoms with Crippen molar-refractivity contribution in [1.82, 2.24) is 14.8 Å². The number of amides is 1. The zero-order valence-corrected chi connectivity index (χ0v) is 18.9. The van der Waals surface area contributed by atoms with Crippen molar-refractivity contribution < 1.29 is 22.7 Å². The summed E-state index contributed by atoms with van der Waals surface area (Å²) in [7, 11) is 1.58. The predicted molar refractivity (Wildman–Crippen MR) is 124 cm³/mol. The first-order valence-corrected chi connectivity index (χ1v) is 11.0. The molecule has 4 aromatic rings. The van der Waals surface area contributed by atoms with Gasteiger partial charge in [-0.2, -0.15) is 0 Å². The number of nitrogens with zero attached hydrogens (tertiary/aromatic N) is 3. The number of hydrogen-bond donors (Lipinski definition) is 1. The van der Waals surface area contributed by atoms with Gasteiger partial charge in [-0.1, -0.05) is 30.0 Å². The molecule has 4 rings (SSSR count). The zero-order valence-electron chi connectivity index (χ0n) is 18.1. The molecule has 0 aliphatic heterocycles. The van der Waals surface area contributed by atoms with Crippen LogP contribution in [0, 0.1) is 17.5 Å². The summed E-state index contributed by atoms with van der Waals surface area (Å²) >= 11 is 1.09. The number of hydrogen-bond acceptors (Lipinski definition) is 5. The number of ether oxygens (including phenoxy) is 1. The average Bonchev–Trinajstić information content (AvgIpc) is 3.28. The fourth-order valence-corrected chi connectivity index (χ4v) is 4.02. The lowest BCUT2D eigenvalue weighted by Gasteiger charge is -2.14. The summed E-state index contributed by atoms with van der Waals surface area (Å²) in [5, 5.41) is 10.5. The predicted octanol–water partition coefficient (Wildman–Crippen LogP) is 5.48. The fourth-order valence-electron chi connectivity index (χ4n) is 3.15. The van der Waals surface area contributed by atoms with Crippen molar-refractivity contribution in [3.05, 3.63) is 84.2 Å². The molecular weight excluding hydrogens is 465 g/mol. The second-order valence-corrected chi connectivity index (χ2v) is 8.49. The topological polar surface area (TPSA) is 69.0 Å². The third-order valence-corrected chi connectivity index (χ3v) is 5.98.